The Morgan fingerprint density at radius 3 is 2.11 bits per heavy atom. The van der Waals surface area contributed by atoms with Crippen LogP contribution in [0.5, 0.6) is 0 Å². The fourth-order valence-corrected chi connectivity index (χ4v) is 3.57. The summed E-state index contributed by atoms with van der Waals surface area (Å²) in [6.07, 6.45) is 6.13. The minimum Gasteiger partial charge on any atom is -0.444 e. The van der Waals surface area contributed by atoms with Crippen LogP contribution < -0.4 is 0 Å². The van der Waals surface area contributed by atoms with E-state index in [1.807, 2.05) is 20.8 Å². The molecule has 0 aromatic carbocycles. The van der Waals surface area contributed by atoms with E-state index >= 15 is 0 Å². The lowest BCUT2D eigenvalue weighted by Crippen LogP contribution is -2.49. The summed E-state index contributed by atoms with van der Waals surface area (Å²) in [5, 5.41) is 0. The Balaban J connectivity index is 2.16. The number of amides is 1. The molecule has 5 nitrogen and oxygen atoms in total. The molecule has 27 heavy (non-hydrogen) atoms. The van der Waals surface area contributed by atoms with Crippen molar-refractivity contribution >= 4 is 11.8 Å². The van der Waals surface area contributed by atoms with E-state index in [1.165, 1.54) is 29.7 Å². The van der Waals surface area contributed by atoms with Gasteiger partial charge in [-0.3, -0.25) is 4.99 Å². The Bertz CT molecular complexity index is 656. The molecule has 0 atom stereocenters. The minimum absolute atomic E-state index is 0.222. The fraction of sp³-hybridized carbons (Fsp3) is 0.636. The molecule has 150 valence electrons. The van der Waals surface area contributed by atoms with Crippen LogP contribution in [0.4, 0.5) is 4.79 Å². The third-order valence-corrected chi connectivity index (χ3v) is 5.03. The number of carbonyl (C=O) groups is 1. The minimum atomic E-state index is -0.458. The number of carbonyl (C=O) groups excluding carboxylic acids is 1. The van der Waals surface area contributed by atoms with Gasteiger partial charge in [0.1, 0.15) is 5.60 Å². The molecule has 0 unspecified atom stereocenters. The molecule has 2 aliphatic rings. The lowest BCUT2D eigenvalue weighted by atomic mass is 9.95. The van der Waals surface area contributed by atoms with Crippen molar-refractivity contribution in [1.29, 1.82) is 0 Å². The predicted octanol–water partition coefficient (Wildman–Crippen LogP) is 4.77. The second kappa shape index (κ2) is 8.77. The summed E-state index contributed by atoms with van der Waals surface area (Å²) in [7, 11) is 0. The zero-order chi connectivity index (χ0) is 20.2. The van der Waals surface area contributed by atoms with Crippen LogP contribution in [0, 0.1) is 5.92 Å². The third kappa shape index (κ3) is 5.72. The summed E-state index contributed by atoms with van der Waals surface area (Å²) in [6.45, 7) is 18.8. The van der Waals surface area contributed by atoms with Crippen molar-refractivity contribution in [3.63, 3.8) is 0 Å². The fourth-order valence-electron chi connectivity index (χ4n) is 3.57. The molecule has 1 saturated heterocycles. The van der Waals surface area contributed by atoms with Gasteiger partial charge in [-0.05, 0) is 65.9 Å². The number of allylic oxidation sites excluding steroid dienone is 4. The molecule has 2 rings (SSSR count). The first-order valence-electron chi connectivity index (χ1n) is 9.94. The second-order valence-corrected chi connectivity index (χ2v) is 8.33. The van der Waals surface area contributed by atoms with Gasteiger partial charge in [-0.1, -0.05) is 12.7 Å². The van der Waals surface area contributed by atoms with E-state index in [-0.39, 0.29) is 6.09 Å². The van der Waals surface area contributed by atoms with Gasteiger partial charge < -0.3 is 14.5 Å². The number of aliphatic imine (C=N–C) groups is 1. The van der Waals surface area contributed by atoms with Crippen LogP contribution in [-0.4, -0.2) is 53.4 Å². The van der Waals surface area contributed by atoms with Crippen LogP contribution in [-0.2, 0) is 4.74 Å². The first kappa shape index (κ1) is 21.3. The van der Waals surface area contributed by atoms with E-state index < -0.39 is 5.60 Å². The molecular formula is C22H35N3O2. The molecule has 1 aliphatic heterocycles. The molecule has 0 N–H and O–H groups in total. The summed E-state index contributed by atoms with van der Waals surface area (Å²) in [4.78, 5) is 20.9. The first-order valence-corrected chi connectivity index (χ1v) is 9.94. The quantitative estimate of drug-likeness (QED) is 0.515. The topological polar surface area (TPSA) is 45.1 Å². The summed E-state index contributed by atoms with van der Waals surface area (Å²) in [6, 6.07) is 0. The van der Waals surface area contributed by atoms with Crippen molar-refractivity contribution in [1.82, 2.24) is 9.80 Å². The number of ether oxygens (including phenoxy) is 1. The summed E-state index contributed by atoms with van der Waals surface area (Å²) in [5.41, 5.74) is 4.43. The van der Waals surface area contributed by atoms with Crippen molar-refractivity contribution in [3.05, 3.63) is 35.7 Å². The van der Waals surface area contributed by atoms with E-state index in [0.29, 0.717) is 19.0 Å². The Kier molecular flexibility index (Phi) is 6.90. The maximum Gasteiger partial charge on any atom is 0.410 e. The Hall–Kier alpha value is -2.04. The monoisotopic (exact) mass is 373 g/mol. The van der Waals surface area contributed by atoms with Crippen molar-refractivity contribution in [2.75, 3.05) is 26.2 Å². The molecule has 0 bridgehead atoms. The average Bonchev–Trinajstić information content (AvgIpc) is 3.42. The molecular weight excluding hydrogens is 338 g/mol. The van der Waals surface area contributed by atoms with E-state index in [1.54, 1.807) is 11.1 Å². The van der Waals surface area contributed by atoms with Crippen molar-refractivity contribution in [3.8, 4) is 0 Å². The zero-order valence-corrected chi connectivity index (χ0v) is 17.8. The maximum atomic E-state index is 12.3. The molecule has 0 spiro atoms. The van der Waals surface area contributed by atoms with Gasteiger partial charge in [0.05, 0.1) is 0 Å². The SMILES string of the molecule is C=CN=C(C)C(/C(=C\C)C1CC1)=C(\C)N1CCN(C(=O)OC(C)(C)C)CC1. The lowest BCUT2D eigenvalue weighted by Gasteiger charge is -2.38. The smallest absolute Gasteiger partial charge is 0.410 e. The number of hydrogen-bond donors (Lipinski definition) is 0. The zero-order valence-electron chi connectivity index (χ0n) is 17.8. The normalized spacial score (nSPS) is 20.4. The standard InChI is InChI=1S/C22H35N3O2/c1-8-19(18-10-11-18)20(16(3)23-9-2)17(4)24-12-14-25(15-13-24)21(26)27-22(5,6)7/h8-9,18H,2,10-15H2,1,3-7H3/b19-8-,20-17-,23-16?. The molecule has 5 heteroatoms. The van der Waals surface area contributed by atoms with Gasteiger partial charge in [0.2, 0.25) is 0 Å². The molecule has 0 radical (unpaired) electrons. The Morgan fingerprint density at radius 2 is 1.67 bits per heavy atom. The summed E-state index contributed by atoms with van der Waals surface area (Å²) in [5.74, 6) is 0.651. The van der Waals surface area contributed by atoms with Gasteiger partial charge in [0.15, 0.2) is 0 Å². The molecule has 2 fully saturated rings. The van der Waals surface area contributed by atoms with Crippen molar-refractivity contribution < 1.29 is 9.53 Å². The van der Waals surface area contributed by atoms with Crippen LogP contribution >= 0.6 is 0 Å². The Labute approximate surface area is 164 Å². The highest BCUT2D eigenvalue weighted by Crippen LogP contribution is 2.41. The van der Waals surface area contributed by atoms with Crippen molar-refractivity contribution in [2.45, 2.75) is 60.0 Å². The molecule has 1 aliphatic carbocycles. The van der Waals surface area contributed by atoms with E-state index in [2.05, 4.69) is 43.3 Å². The molecule has 1 amide bonds. The molecule has 0 aromatic heterocycles. The highest BCUT2D eigenvalue weighted by Gasteiger charge is 2.31. The van der Waals surface area contributed by atoms with Crippen LogP contribution in [0.3, 0.4) is 0 Å². The van der Waals surface area contributed by atoms with Crippen LogP contribution in [0.2, 0.25) is 0 Å². The van der Waals surface area contributed by atoms with Gasteiger partial charge >= 0.3 is 6.09 Å². The van der Waals surface area contributed by atoms with E-state index in [4.69, 9.17) is 4.74 Å². The number of rotatable bonds is 5. The summed E-state index contributed by atoms with van der Waals surface area (Å²) < 4.78 is 5.50. The largest absolute Gasteiger partial charge is 0.444 e. The van der Waals surface area contributed by atoms with Gasteiger partial charge in [-0.25, -0.2) is 4.79 Å². The van der Waals surface area contributed by atoms with Gasteiger partial charge in [-0.15, -0.1) is 0 Å². The number of piperazine rings is 1. The summed E-state index contributed by atoms with van der Waals surface area (Å²) >= 11 is 0. The number of nitrogens with zero attached hydrogens (tertiary/aromatic N) is 3. The van der Waals surface area contributed by atoms with Crippen molar-refractivity contribution in [2.24, 2.45) is 10.9 Å². The van der Waals surface area contributed by atoms with Gasteiger partial charge in [0.25, 0.3) is 0 Å². The third-order valence-electron chi connectivity index (χ3n) is 5.03. The van der Waals surface area contributed by atoms with E-state index in [9.17, 15) is 4.79 Å². The van der Waals surface area contributed by atoms with Gasteiger partial charge in [0, 0.05) is 49.4 Å². The predicted molar refractivity (Wildman–Crippen MR) is 112 cm³/mol. The molecule has 1 heterocycles. The number of hydrogen-bond acceptors (Lipinski definition) is 4. The molecule has 1 saturated carbocycles. The average molecular weight is 374 g/mol. The van der Waals surface area contributed by atoms with Crippen LogP contribution in [0.1, 0.15) is 54.4 Å². The first-order chi connectivity index (χ1) is 12.7. The second-order valence-electron chi connectivity index (χ2n) is 8.33. The highest BCUT2D eigenvalue weighted by molar-refractivity contribution is 6.03. The van der Waals surface area contributed by atoms with Crippen LogP contribution in [0.25, 0.3) is 0 Å². The van der Waals surface area contributed by atoms with E-state index in [0.717, 1.165) is 18.8 Å². The Morgan fingerprint density at radius 1 is 1.11 bits per heavy atom. The van der Waals surface area contributed by atoms with Gasteiger partial charge in [-0.2, -0.15) is 0 Å². The lowest BCUT2D eigenvalue weighted by molar-refractivity contribution is 0.0168. The maximum absolute atomic E-state index is 12.3. The molecule has 0 aromatic rings. The van der Waals surface area contributed by atoms with Crippen LogP contribution in [0.15, 0.2) is 40.7 Å². The highest BCUT2D eigenvalue weighted by atomic mass is 16.6.